The zero-order valence-electron chi connectivity index (χ0n) is 11.4. The van der Waals surface area contributed by atoms with Crippen LogP contribution in [-0.2, 0) is 16.6 Å². The van der Waals surface area contributed by atoms with Crippen molar-refractivity contribution in [2.24, 2.45) is 0 Å². The second-order valence-electron chi connectivity index (χ2n) is 4.49. The van der Waals surface area contributed by atoms with Crippen LogP contribution in [0.25, 0.3) is 0 Å². The summed E-state index contributed by atoms with van der Waals surface area (Å²) in [6.07, 6.45) is 3.21. The van der Waals surface area contributed by atoms with Gasteiger partial charge in [-0.1, -0.05) is 11.3 Å². The molecule has 108 valence electrons. The molecule has 0 aliphatic rings. The summed E-state index contributed by atoms with van der Waals surface area (Å²) in [5.41, 5.74) is 7.60. The Morgan fingerprint density at radius 1 is 1.35 bits per heavy atom. The second-order valence-corrected chi connectivity index (χ2v) is 6.19. The maximum Gasteiger partial charge on any atom is 0.242 e. The van der Waals surface area contributed by atoms with E-state index >= 15 is 0 Å². The Labute approximate surface area is 117 Å². The van der Waals surface area contributed by atoms with E-state index < -0.39 is 10.0 Å². The van der Waals surface area contributed by atoms with Gasteiger partial charge in [-0.2, -0.15) is 0 Å². The van der Waals surface area contributed by atoms with Crippen LogP contribution in [0.2, 0.25) is 0 Å². The largest absolute Gasteiger partial charge is 0.398 e. The molecular formula is C12H17N5O2S. The molecule has 0 spiro atoms. The quantitative estimate of drug-likeness (QED) is 0.780. The predicted octanol–water partition coefficient (Wildman–Crippen LogP) is 0.456. The lowest BCUT2D eigenvalue weighted by Gasteiger charge is -2.13. The molecule has 0 saturated heterocycles. The average Bonchev–Trinajstić information content (AvgIpc) is 2.87. The zero-order chi connectivity index (χ0) is 14.8. The molecule has 0 aliphatic carbocycles. The third kappa shape index (κ3) is 2.97. The summed E-state index contributed by atoms with van der Waals surface area (Å²) >= 11 is 0. The van der Waals surface area contributed by atoms with Crippen molar-refractivity contribution < 1.29 is 8.42 Å². The Balaban J connectivity index is 2.16. The molecule has 1 aromatic heterocycles. The fourth-order valence-corrected chi connectivity index (χ4v) is 3.33. The molecule has 0 saturated carbocycles. The van der Waals surface area contributed by atoms with Crippen LogP contribution < -0.4 is 10.5 Å². The van der Waals surface area contributed by atoms with Crippen LogP contribution >= 0.6 is 0 Å². The normalized spacial score (nSPS) is 11.7. The number of aromatic nitrogens is 3. The molecule has 0 bridgehead atoms. The van der Waals surface area contributed by atoms with Gasteiger partial charge in [0.1, 0.15) is 4.90 Å². The van der Waals surface area contributed by atoms with Crippen LogP contribution in [0.3, 0.4) is 0 Å². The van der Waals surface area contributed by atoms with Crippen LogP contribution in [0.4, 0.5) is 5.69 Å². The van der Waals surface area contributed by atoms with Crippen LogP contribution in [0.1, 0.15) is 11.1 Å². The molecule has 0 unspecified atom stereocenters. The van der Waals surface area contributed by atoms with Crippen molar-refractivity contribution in [1.29, 1.82) is 0 Å². The van der Waals surface area contributed by atoms with Gasteiger partial charge in [0.15, 0.2) is 0 Å². The predicted molar refractivity (Wildman–Crippen MR) is 75.5 cm³/mol. The molecular weight excluding hydrogens is 278 g/mol. The molecule has 2 aromatic rings. The summed E-state index contributed by atoms with van der Waals surface area (Å²) in [6.45, 7) is 4.23. The minimum Gasteiger partial charge on any atom is -0.398 e. The maximum atomic E-state index is 12.3. The topological polar surface area (TPSA) is 103 Å². The molecule has 0 fully saturated rings. The Kier molecular flexibility index (Phi) is 4.05. The number of hydrogen-bond acceptors (Lipinski definition) is 5. The van der Waals surface area contributed by atoms with E-state index in [1.807, 2.05) is 6.92 Å². The molecule has 0 radical (unpaired) electrons. The molecule has 0 aliphatic heterocycles. The number of sulfonamides is 1. The van der Waals surface area contributed by atoms with E-state index in [9.17, 15) is 8.42 Å². The van der Waals surface area contributed by atoms with Gasteiger partial charge in [0.05, 0.1) is 18.4 Å². The molecule has 0 amide bonds. The van der Waals surface area contributed by atoms with E-state index in [4.69, 9.17) is 5.73 Å². The van der Waals surface area contributed by atoms with E-state index in [-0.39, 0.29) is 17.1 Å². The van der Waals surface area contributed by atoms with Crippen LogP contribution in [0.5, 0.6) is 0 Å². The highest BCUT2D eigenvalue weighted by atomic mass is 32.2. The monoisotopic (exact) mass is 295 g/mol. The molecule has 7 nitrogen and oxygen atoms in total. The van der Waals surface area contributed by atoms with Gasteiger partial charge in [-0.25, -0.2) is 13.1 Å². The molecule has 2 rings (SSSR count). The van der Waals surface area contributed by atoms with E-state index in [1.54, 1.807) is 29.9 Å². The van der Waals surface area contributed by atoms with Gasteiger partial charge in [0.25, 0.3) is 0 Å². The highest BCUT2D eigenvalue weighted by Gasteiger charge is 2.20. The number of nitrogens with one attached hydrogen (secondary N) is 1. The van der Waals surface area contributed by atoms with Gasteiger partial charge < -0.3 is 5.73 Å². The van der Waals surface area contributed by atoms with Crippen molar-refractivity contribution in [2.75, 3.05) is 12.3 Å². The number of hydrogen-bond donors (Lipinski definition) is 2. The maximum absolute atomic E-state index is 12.3. The Bertz CT molecular complexity index is 695. The SMILES string of the molecule is Cc1ccc(N)c(S(=O)(=O)NCCn2ccnn2)c1C. The van der Waals surface area contributed by atoms with E-state index in [0.29, 0.717) is 12.1 Å². The van der Waals surface area contributed by atoms with Gasteiger partial charge in [-0.15, -0.1) is 5.10 Å². The summed E-state index contributed by atoms with van der Waals surface area (Å²) in [5.74, 6) is 0. The lowest BCUT2D eigenvalue weighted by molar-refractivity contribution is 0.552. The second kappa shape index (κ2) is 5.59. The summed E-state index contributed by atoms with van der Waals surface area (Å²) in [6, 6.07) is 3.41. The van der Waals surface area contributed by atoms with Crippen molar-refractivity contribution in [1.82, 2.24) is 19.7 Å². The number of rotatable bonds is 5. The van der Waals surface area contributed by atoms with Gasteiger partial charge >= 0.3 is 0 Å². The van der Waals surface area contributed by atoms with Crippen molar-refractivity contribution in [3.63, 3.8) is 0 Å². The Morgan fingerprint density at radius 2 is 2.10 bits per heavy atom. The van der Waals surface area contributed by atoms with E-state index in [0.717, 1.165) is 5.56 Å². The third-order valence-electron chi connectivity index (χ3n) is 3.08. The van der Waals surface area contributed by atoms with E-state index in [1.165, 1.54) is 6.20 Å². The highest BCUT2D eigenvalue weighted by molar-refractivity contribution is 7.89. The summed E-state index contributed by atoms with van der Waals surface area (Å²) in [5, 5.41) is 7.42. The standard InChI is InChI=1S/C12H17N5O2S/c1-9-3-4-11(13)12(10(9)2)20(18,19)15-6-8-17-7-5-14-16-17/h3-5,7,15H,6,8,13H2,1-2H3. The minimum atomic E-state index is -3.63. The molecule has 0 atom stereocenters. The summed E-state index contributed by atoms with van der Waals surface area (Å²) in [7, 11) is -3.63. The van der Waals surface area contributed by atoms with Gasteiger partial charge in [-0.3, -0.25) is 4.68 Å². The summed E-state index contributed by atoms with van der Waals surface area (Å²) < 4.78 is 28.7. The Hall–Kier alpha value is -1.93. The first-order valence-electron chi connectivity index (χ1n) is 6.11. The zero-order valence-corrected chi connectivity index (χ0v) is 12.2. The number of nitrogens with two attached hydrogens (primary N) is 1. The summed E-state index contributed by atoms with van der Waals surface area (Å²) in [4.78, 5) is 0.149. The van der Waals surface area contributed by atoms with Crippen LogP contribution in [0.15, 0.2) is 29.4 Å². The smallest absolute Gasteiger partial charge is 0.242 e. The number of anilines is 1. The number of nitrogens with zero attached hydrogens (tertiary/aromatic N) is 3. The van der Waals surface area contributed by atoms with Crippen molar-refractivity contribution in [3.8, 4) is 0 Å². The number of aryl methyl sites for hydroxylation is 1. The van der Waals surface area contributed by atoms with Gasteiger partial charge in [0.2, 0.25) is 10.0 Å². The van der Waals surface area contributed by atoms with Crippen LogP contribution in [-0.4, -0.2) is 30.0 Å². The third-order valence-corrected chi connectivity index (χ3v) is 4.74. The molecule has 1 heterocycles. The molecule has 8 heteroatoms. The lowest BCUT2D eigenvalue weighted by Crippen LogP contribution is -2.29. The Morgan fingerprint density at radius 3 is 2.75 bits per heavy atom. The van der Waals surface area contributed by atoms with Crippen molar-refractivity contribution in [2.45, 2.75) is 25.3 Å². The number of benzene rings is 1. The van der Waals surface area contributed by atoms with Crippen LogP contribution in [0, 0.1) is 13.8 Å². The highest BCUT2D eigenvalue weighted by Crippen LogP contribution is 2.24. The molecule has 20 heavy (non-hydrogen) atoms. The van der Waals surface area contributed by atoms with Gasteiger partial charge in [0, 0.05) is 12.7 Å². The van der Waals surface area contributed by atoms with E-state index in [2.05, 4.69) is 15.0 Å². The van der Waals surface area contributed by atoms with Crippen molar-refractivity contribution >= 4 is 15.7 Å². The molecule has 3 N–H and O–H groups in total. The number of nitrogen functional groups attached to an aromatic ring is 1. The molecule has 1 aromatic carbocycles. The fourth-order valence-electron chi connectivity index (χ4n) is 1.89. The van der Waals surface area contributed by atoms with Gasteiger partial charge in [-0.05, 0) is 31.0 Å². The lowest BCUT2D eigenvalue weighted by atomic mass is 10.1. The average molecular weight is 295 g/mol. The first-order chi connectivity index (χ1) is 9.42. The fraction of sp³-hybridized carbons (Fsp3) is 0.333. The van der Waals surface area contributed by atoms with Crippen molar-refractivity contribution in [3.05, 3.63) is 35.7 Å². The minimum absolute atomic E-state index is 0.149. The first kappa shape index (κ1) is 14.5. The first-order valence-corrected chi connectivity index (χ1v) is 7.59.